The second-order valence-corrected chi connectivity index (χ2v) is 16.1. The Morgan fingerprint density at radius 2 is 1.71 bits per heavy atom. The lowest BCUT2D eigenvalue weighted by Crippen LogP contribution is -2.46. The molecule has 2 heterocycles. The first-order chi connectivity index (χ1) is 22.8. The number of thiophene rings is 1. The normalized spacial score (nSPS) is 18.5. The van der Waals surface area contributed by atoms with Gasteiger partial charge in [-0.05, 0) is 63.8 Å². The predicted molar refractivity (Wildman–Crippen MR) is 187 cm³/mol. The molecule has 3 aromatic rings. The van der Waals surface area contributed by atoms with Crippen LogP contribution in [0, 0.1) is 5.92 Å². The highest BCUT2D eigenvalue weighted by molar-refractivity contribution is 7.89. The van der Waals surface area contributed by atoms with Crippen molar-refractivity contribution < 1.29 is 37.0 Å². The summed E-state index contributed by atoms with van der Waals surface area (Å²) in [4.78, 5) is 28.5. The lowest BCUT2D eigenvalue weighted by atomic mass is 9.83. The summed E-state index contributed by atoms with van der Waals surface area (Å²) in [5, 5.41) is 2.66. The van der Waals surface area contributed by atoms with Crippen LogP contribution < -0.4 is 15.0 Å². The van der Waals surface area contributed by atoms with Gasteiger partial charge in [0.1, 0.15) is 27.7 Å². The van der Waals surface area contributed by atoms with E-state index in [0.717, 1.165) is 49.1 Å². The van der Waals surface area contributed by atoms with Crippen molar-refractivity contribution in [2.75, 3.05) is 51.2 Å². The van der Waals surface area contributed by atoms with E-state index in [1.165, 1.54) is 7.11 Å². The number of likely N-dealkylation sites (N-methyl/N-ethyl adjacent to an activating group) is 1. The topological polar surface area (TPSA) is 124 Å². The molecule has 1 fully saturated rings. The van der Waals surface area contributed by atoms with E-state index in [1.54, 1.807) is 57.4 Å². The molecule has 1 aromatic heterocycles. The van der Waals surface area contributed by atoms with Crippen LogP contribution in [0.1, 0.15) is 62.5 Å². The number of rotatable bonds is 9. The molecular formula is C35H45N3O8S2. The Kier molecular flexibility index (Phi) is 11.0. The van der Waals surface area contributed by atoms with Crippen LogP contribution in [0.25, 0.3) is 10.4 Å². The minimum atomic E-state index is -4.00. The third-order valence-electron chi connectivity index (χ3n) is 8.66. The van der Waals surface area contributed by atoms with Crippen molar-refractivity contribution in [1.29, 1.82) is 0 Å². The van der Waals surface area contributed by atoms with Crippen molar-refractivity contribution >= 4 is 50.5 Å². The van der Waals surface area contributed by atoms with Gasteiger partial charge in [-0.3, -0.25) is 5.32 Å². The van der Waals surface area contributed by atoms with Gasteiger partial charge in [0.05, 0.1) is 25.1 Å². The van der Waals surface area contributed by atoms with Crippen molar-refractivity contribution in [2.24, 2.45) is 5.92 Å². The van der Waals surface area contributed by atoms with Crippen LogP contribution in [0.5, 0.6) is 5.75 Å². The molecule has 0 bridgehead atoms. The Hall–Kier alpha value is -3.65. The maximum atomic E-state index is 14.6. The first-order valence-corrected chi connectivity index (χ1v) is 18.4. The molecule has 0 spiro atoms. The summed E-state index contributed by atoms with van der Waals surface area (Å²) in [6, 6.07) is 14.5. The Morgan fingerprint density at radius 1 is 1.00 bits per heavy atom. The zero-order valence-electron chi connectivity index (χ0n) is 28.4. The SMILES string of the molecule is COCCOc1cc2c(cc1-c1cc(NC(=O)OC(C)(C)C)c(C(=O)OC)s1)S(=O)(=O)N(C)[C@H](C1CCCCC1)CN2c1ccccc1. The van der Waals surface area contributed by atoms with Gasteiger partial charge in [0.2, 0.25) is 10.0 Å². The molecule has 1 aliphatic carbocycles. The van der Waals surface area contributed by atoms with Crippen LogP contribution in [0.3, 0.4) is 0 Å². The third-order valence-corrected chi connectivity index (χ3v) is 11.7. The van der Waals surface area contributed by atoms with E-state index < -0.39 is 27.7 Å². The van der Waals surface area contributed by atoms with Crippen LogP contribution in [-0.4, -0.2) is 77.5 Å². The maximum absolute atomic E-state index is 14.6. The van der Waals surface area contributed by atoms with Gasteiger partial charge in [-0.1, -0.05) is 37.5 Å². The summed E-state index contributed by atoms with van der Waals surface area (Å²) in [5.74, 6) is -0.0358. The summed E-state index contributed by atoms with van der Waals surface area (Å²) in [5.41, 5.74) is 1.22. The van der Waals surface area contributed by atoms with E-state index in [0.29, 0.717) is 35.0 Å². The zero-order valence-corrected chi connectivity index (χ0v) is 30.0. The lowest BCUT2D eigenvalue weighted by molar-refractivity contribution is 0.0607. The number of carbonyl (C=O) groups excluding carboxylic acids is 2. The lowest BCUT2D eigenvalue weighted by Gasteiger charge is -2.36. The van der Waals surface area contributed by atoms with Gasteiger partial charge >= 0.3 is 12.1 Å². The van der Waals surface area contributed by atoms with E-state index in [-0.39, 0.29) is 34.0 Å². The van der Waals surface area contributed by atoms with Crippen LogP contribution in [0.4, 0.5) is 21.9 Å². The molecule has 5 rings (SSSR count). The molecule has 1 saturated carbocycles. The Bertz CT molecular complexity index is 1710. The molecule has 48 heavy (non-hydrogen) atoms. The van der Waals surface area contributed by atoms with Crippen LogP contribution in [0.15, 0.2) is 53.4 Å². The van der Waals surface area contributed by atoms with E-state index in [2.05, 4.69) is 10.2 Å². The molecule has 13 heteroatoms. The average molecular weight is 700 g/mol. The molecule has 2 aliphatic rings. The standard InChI is InChI=1S/C35H45N3O8S2/c1-35(2,3)46-34(40)36-26-20-30(47-32(26)33(39)44-6)25-19-31-27(21-29(25)45-18-17-43-5)38(24-15-11-8-12-16-24)22-28(37(4)48(31,41)42)23-13-9-7-10-14-23/h8,11-12,15-16,19-21,23,28H,7,9-10,13-14,17-18,22H2,1-6H3,(H,36,40)/t28-/m0/s1. The maximum Gasteiger partial charge on any atom is 0.412 e. The summed E-state index contributed by atoms with van der Waals surface area (Å²) < 4.78 is 52.7. The molecule has 0 unspecified atom stereocenters. The first-order valence-electron chi connectivity index (χ1n) is 16.2. The molecule has 0 saturated heterocycles. The first kappa shape index (κ1) is 35.7. The van der Waals surface area contributed by atoms with Crippen LogP contribution in [-0.2, 0) is 24.2 Å². The van der Waals surface area contributed by atoms with E-state index in [1.807, 2.05) is 30.3 Å². The number of sulfonamides is 1. The molecule has 0 radical (unpaired) electrons. The third kappa shape index (κ3) is 7.80. The van der Waals surface area contributed by atoms with Gasteiger partial charge in [-0.2, -0.15) is 4.31 Å². The van der Waals surface area contributed by atoms with Gasteiger partial charge < -0.3 is 23.8 Å². The molecule has 1 aliphatic heterocycles. The quantitative estimate of drug-likeness (QED) is 0.181. The molecule has 1 N–H and O–H groups in total. The Balaban J connectivity index is 1.70. The van der Waals surface area contributed by atoms with Crippen molar-refractivity contribution in [1.82, 2.24) is 4.31 Å². The predicted octanol–water partition coefficient (Wildman–Crippen LogP) is 7.30. The Labute approximate surface area is 287 Å². The molecule has 1 atom stereocenters. The molecule has 1 amide bonds. The number of esters is 1. The molecule has 2 aromatic carbocycles. The van der Waals surface area contributed by atoms with Gasteiger partial charge in [0.15, 0.2) is 0 Å². The van der Waals surface area contributed by atoms with Gasteiger partial charge in [0, 0.05) is 48.9 Å². The van der Waals surface area contributed by atoms with E-state index >= 15 is 0 Å². The second-order valence-electron chi connectivity index (χ2n) is 13.1. The van der Waals surface area contributed by atoms with E-state index in [4.69, 9.17) is 18.9 Å². The smallest absolute Gasteiger partial charge is 0.412 e. The van der Waals surface area contributed by atoms with Crippen LogP contribution >= 0.6 is 11.3 Å². The minimum Gasteiger partial charge on any atom is -0.490 e. The minimum absolute atomic E-state index is 0.121. The number of carbonyl (C=O) groups is 2. The fourth-order valence-electron chi connectivity index (χ4n) is 6.34. The fourth-order valence-corrected chi connectivity index (χ4v) is 9.00. The van der Waals surface area contributed by atoms with Crippen molar-refractivity contribution in [2.45, 2.75) is 69.4 Å². The zero-order chi connectivity index (χ0) is 34.6. The molecule has 260 valence electrons. The summed E-state index contributed by atoms with van der Waals surface area (Å²) in [6.45, 7) is 6.18. The van der Waals surface area contributed by atoms with Crippen molar-refractivity contribution in [3.63, 3.8) is 0 Å². The number of para-hydroxylation sites is 1. The number of hydrogen-bond acceptors (Lipinski definition) is 10. The van der Waals surface area contributed by atoms with Crippen molar-refractivity contribution in [3.8, 4) is 16.2 Å². The highest BCUT2D eigenvalue weighted by Gasteiger charge is 2.41. The molecular weight excluding hydrogens is 655 g/mol. The van der Waals surface area contributed by atoms with Gasteiger partial charge in [-0.25, -0.2) is 18.0 Å². The number of hydrogen-bond donors (Lipinski definition) is 1. The largest absolute Gasteiger partial charge is 0.490 e. The number of benzene rings is 2. The summed E-state index contributed by atoms with van der Waals surface area (Å²) in [7, 11) is 0.508. The number of amides is 1. The van der Waals surface area contributed by atoms with Gasteiger partial charge in [-0.15, -0.1) is 11.3 Å². The van der Waals surface area contributed by atoms with Crippen molar-refractivity contribution in [3.05, 3.63) is 53.4 Å². The van der Waals surface area contributed by atoms with E-state index in [9.17, 15) is 18.0 Å². The number of anilines is 3. The molecule has 11 nitrogen and oxygen atoms in total. The highest BCUT2D eigenvalue weighted by atomic mass is 32.2. The number of methoxy groups -OCH3 is 2. The average Bonchev–Trinajstić information content (AvgIpc) is 3.44. The number of nitrogens with zero attached hydrogens (tertiary/aromatic N) is 2. The summed E-state index contributed by atoms with van der Waals surface area (Å²) >= 11 is 1.06. The number of nitrogens with one attached hydrogen (secondary N) is 1. The van der Waals surface area contributed by atoms with Gasteiger partial charge in [0.25, 0.3) is 0 Å². The monoisotopic (exact) mass is 699 g/mol. The highest BCUT2D eigenvalue weighted by Crippen LogP contribution is 2.47. The number of ether oxygens (including phenoxy) is 4. The number of fused-ring (bicyclic) bond motifs is 1. The summed E-state index contributed by atoms with van der Waals surface area (Å²) in [6.07, 6.45) is 4.52. The van der Waals surface area contributed by atoms with Crippen LogP contribution in [0.2, 0.25) is 0 Å². The second kappa shape index (κ2) is 14.9. The fraction of sp³-hybridized carbons (Fsp3) is 0.486. The Morgan fingerprint density at radius 3 is 2.35 bits per heavy atom.